The lowest BCUT2D eigenvalue weighted by Crippen LogP contribution is -2.39. The minimum absolute atomic E-state index is 0.202. The monoisotopic (exact) mass is 598 g/mol. The summed E-state index contributed by atoms with van der Waals surface area (Å²) in [5.41, 5.74) is 1.94. The molecule has 0 saturated carbocycles. The van der Waals surface area contributed by atoms with Crippen molar-refractivity contribution >= 4 is 39.3 Å². The van der Waals surface area contributed by atoms with Gasteiger partial charge in [0, 0.05) is 11.6 Å². The van der Waals surface area contributed by atoms with Gasteiger partial charge in [0.05, 0.1) is 47.1 Å². The Morgan fingerprint density at radius 1 is 1.18 bits per heavy atom. The third kappa shape index (κ3) is 5.32. The van der Waals surface area contributed by atoms with Crippen molar-refractivity contribution in [2.75, 3.05) is 27.4 Å². The lowest BCUT2D eigenvalue weighted by atomic mass is 9.96. The Labute approximate surface area is 232 Å². The van der Waals surface area contributed by atoms with Crippen molar-refractivity contribution in [3.8, 4) is 17.2 Å². The fourth-order valence-corrected chi connectivity index (χ4v) is 5.71. The van der Waals surface area contributed by atoms with E-state index in [1.807, 2.05) is 18.2 Å². The average molecular weight is 600 g/mol. The summed E-state index contributed by atoms with van der Waals surface area (Å²) in [6, 6.07) is 10.1. The summed E-state index contributed by atoms with van der Waals surface area (Å²) in [5, 5.41) is 0. The van der Waals surface area contributed by atoms with Crippen LogP contribution in [0.1, 0.15) is 31.0 Å². The first-order chi connectivity index (χ1) is 18.3. The number of rotatable bonds is 9. The molecule has 2 heterocycles. The number of esters is 1. The summed E-state index contributed by atoms with van der Waals surface area (Å²) in [4.78, 5) is 32.0. The van der Waals surface area contributed by atoms with Crippen molar-refractivity contribution < 1.29 is 23.7 Å². The maximum absolute atomic E-state index is 13.8. The second kappa shape index (κ2) is 11.8. The van der Waals surface area contributed by atoms with Crippen molar-refractivity contribution in [1.29, 1.82) is 0 Å². The Morgan fingerprint density at radius 3 is 2.53 bits per heavy atom. The van der Waals surface area contributed by atoms with Crippen molar-refractivity contribution in [1.82, 2.24) is 4.57 Å². The van der Waals surface area contributed by atoms with Gasteiger partial charge >= 0.3 is 5.97 Å². The van der Waals surface area contributed by atoms with Crippen LogP contribution in [0.5, 0.6) is 17.2 Å². The van der Waals surface area contributed by atoms with E-state index >= 15 is 0 Å². The zero-order valence-corrected chi connectivity index (χ0v) is 23.9. The largest absolute Gasteiger partial charge is 0.496 e. The highest BCUT2D eigenvalue weighted by Gasteiger charge is 2.33. The highest BCUT2D eigenvalue weighted by atomic mass is 79.9. The molecule has 0 saturated heterocycles. The number of halogens is 1. The molecule has 2 aromatic carbocycles. The number of fused-ring (bicyclic) bond motifs is 1. The molecule has 1 atom stereocenters. The molecule has 4 rings (SSSR count). The normalized spacial score (nSPS) is 15.0. The van der Waals surface area contributed by atoms with Gasteiger partial charge in [0.15, 0.2) is 4.80 Å². The Balaban J connectivity index is 1.91. The predicted molar refractivity (Wildman–Crippen MR) is 150 cm³/mol. The van der Waals surface area contributed by atoms with Crippen LogP contribution >= 0.6 is 27.3 Å². The summed E-state index contributed by atoms with van der Waals surface area (Å²) >= 11 is 4.73. The van der Waals surface area contributed by atoms with Gasteiger partial charge in [-0.2, -0.15) is 0 Å². The van der Waals surface area contributed by atoms with Crippen LogP contribution in [0.2, 0.25) is 0 Å². The number of thiazole rings is 1. The van der Waals surface area contributed by atoms with E-state index in [-0.39, 0.29) is 12.2 Å². The maximum Gasteiger partial charge on any atom is 0.338 e. The Hall–Kier alpha value is -3.63. The van der Waals surface area contributed by atoms with Crippen LogP contribution in [0.3, 0.4) is 0 Å². The van der Waals surface area contributed by atoms with Crippen LogP contribution in [0.15, 0.2) is 74.6 Å². The van der Waals surface area contributed by atoms with E-state index in [1.54, 1.807) is 63.0 Å². The van der Waals surface area contributed by atoms with E-state index in [1.165, 1.54) is 11.3 Å². The molecule has 1 aromatic heterocycles. The van der Waals surface area contributed by atoms with Crippen LogP contribution in [-0.4, -0.2) is 38.0 Å². The first kappa shape index (κ1) is 27.4. The predicted octanol–water partition coefficient (Wildman–Crippen LogP) is 4.14. The third-order valence-corrected chi connectivity index (χ3v) is 7.47. The van der Waals surface area contributed by atoms with E-state index < -0.39 is 12.0 Å². The molecule has 1 aliphatic rings. The van der Waals surface area contributed by atoms with Crippen LogP contribution in [-0.2, 0) is 9.53 Å². The highest BCUT2D eigenvalue weighted by Crippen LogP contribution is 2.34. The van der Waals surface area contributed by atoms with Crippen molar-refractivity contribution in [3.05, 3.63) is 95.6 Å². The molecule has 0 amide bonds. The molecule has 0 spiro atoms. The SMILES string of the molecule is C=CCOc1ccc(C2C(C(=O)OCC)=C(C)N=c3s/c(=C\c4cc(Br)c(OC)cc4OC)c(=O)n32)cc1. The number of carbonyl (C=O) groups is 1. The fraction of sp³-hybridized carbons (Fsp3) is 0.250. The summed E-state index contributed by atoms with van der Waals surface area (Å²) in [5.74, 6) is 1.29. The van der Waals surface area contributed by atoms with Crippen molar-refractivity contribution in [2.45, 2.75) is 19.9 Å². The minimum Gasteiger partial charge on any atom is -0.496 e. The van der Waals surface area contributed by atoms with Crippen molar-refractivity contribution in [2.24, 2.45) is 4.99 Å². The van der Waals surface area contributed by atoms with Gasteiger partial charge in [-0.15, -0.1) is 0 Å². The summed E-state index contributed by atoms with van der Waals surface area (Å²) < 4.78 is 24.6. The molecule has 38 heavy (non-hydrogen) atoms. The molecular weight excluding hydrogens is 572 g/mol. The molecule has 10 heteroatoms. The average Bonchev–Trinajstić information content (AvgIpc) is 3.21. The third-order valence-electron chi connectivity index (χ3n) is 5.87. The van der Waals surface area contributed by atoms with Gasteiger partial charge in [-0.1, -0.05) is 36.1 Å². The molecule has 3 aromatic rings. The molecule has 0 fully saturated rings. The number of benzene rings is 2. The van der Waals surface area contributed by atoms with Crippen LogP contribution in [0, 0.1) is 0 Å². The number of methoxy groups -OCH3 is 2. The Morgan fingerprint density at radius 2 is 1.89 bits per heavy atom. The molecule has 1 unspecified atom stereocenters. The number of hydrogen-bond donors (Lipinski definition) is 0. The second-order valence-corrected chi connectivity index (χ2v) is 10.1. The Kier molecular flexibility index (Phi) is 8.53. The molecule has 0 aliphatic carbocycles. The number of nitrogens with zero attached hydrogens (tertiary/aromatic N) is 2. The summed E-state index contributed by atoms with van der Waals surface area (Å²) in [7, 11) is 3.12. The smallest absolute Gasteiger partial charge is 0.338 e. The first-order valence-corrected chi connectivity index (χ1v) is 13.4. The second-order valence-electron chi connectivity index (χ2n) is 8.20. The van der Waals surface area contributed by atoms with E-state index in [0.29, 0.717) is 50.0 Å². The Bertz CT molecular complexity index is 1590. The molecule has 0 N–H and O–H groups in total. The van der Waals surface area contributed by atoms with Gasteiger partial charge in [0.2, 0.25) is 0 Å². The quantitative estimate of drug-likeness (QED) is 0.272. The van der Waals surface area contributed by atoms with Crippen LogP contribution < -0.4 is 29.1 Å². The number of ether oxygens (including phenoxy) is 4. The van der Waals surface area contributed by atoms with Gasteiger partial charge < -0.3 is 18.9 Å². The highest BCUT2D eigenvalue weighted by molar-refractivity contribution is 9.10. The van der Waals surface area contributed by atoms with E-state index in [2.05, 4.69) is 27.5 Å². The van der Waals surface area contributed by atoms with Crippen LogP contribution in [0.4, 0.5) is 0 Å². The summed E-state index contributed by atoms with van der Waals surface area (Å²) in [6.07, 6.45) is 3.41. The minimum atomic E-state index is -0.717. The van der Waals surface area contributed by atoms with Crippen molar-refractivity contribution in [3.63, 3.8) is 0 Å². The number of hydrogen-bond acceptors (Lipinski definition) is 8. The first-order valence-electron chi connectivity index (χ1n) is 11.8. The maximum atomic E-state index is 13.8. The van der Waals surface area contributed by atoms with Gasteiger partial charge in [-0.05, 0) is 59.6 Å². The molecule has 198 valence electrons. The molecular formula is C28H27BrN2O6S. The number of allylic oxidation sites excluding steroid dienone is 1. The fourth-order valence-electron chi connectivity index (χ4n) is 4.15. The lowest BCUT2D eigenvalue weighted by Gasteiger charge is -2.24. The van der Waals surface area contributed by atoms with E-state index in [4.69, 9.17) is 18.9 Å². The van der Waals surface area contributed by atoms with E-state index in [0.717, 1.165) is 10.0 Å². The topological polar surface area (TPSA) is 88.4 Å². The van der Waals surface area contributed by atoms with Gasteiger partial charge in [0.1, 0.15) is 23.9 Å². The van der Waals surface area contributed by atoms with E-state index in [9.17, 15) is 9.59 Å². The molecule has 8 nitrogen and oxygen atoms in total. The zero-order valence-electron chi connectivity index (χ0n) is 21.4. The molecule has 0 bridgehead atoms. The van der Waals surface area contributed by atoms with Crippen LogP contribution in [0.25, 0.3) is 6.08 Å². The molecule has 0 radical (unpaired) electrons. The van der Waals surface area contributed by atoms with Gasteiger partial charge in [-0.3, -0.25) is 9.36 Å². The number of carbonyl (C=O) groups excluding carboxylic acids is 1. The van der Waals surface area contributed by atoms with Gasteiger partial charge in [0.25, 0.3) is 5.56 Å². The number of aromatic nitrogens is 1. The summed E-state index contributed by atoms with van der Waals surface area (Å²) in [6.45, 7) is 7.73. The molecule has 1 aliphatic heterocycles. The standard InChI is InChI=1S/C28H27BrN2O6S/c1-6-12-37-19-10-8-17(9-11-19)25-24(27(33)36-7-2)16(3)30-28-31(25)26(32)23(38-28)14-18-13-20(29)22(35-5)15-21(18)34-4/h6,8-11,13-15,25H,1,7,12H2,2-5H3/b23-14-. The van der Waals surface area contributed by atoms with Gasteiger partial charge in [-0.25, -0.2) is 9.79 Å². The zero-order chi connectivity index (χ0) is 27.4. The lowest BCUT2D eigenvalue weighted by molar-refractivity contribution is -0.139.